The van der Waals surface area contributed by atoms with Gasteiger partial charge in [0.1, 0.15) is 6.10 Å². The highest BCUT2D eigenvalue weighted by atomic mass is 32.3. The molecule has 112 valence electrons. The van der Waals surface area contributed by atoms with Crippen LogP contribution in [0.2, 0.25) is 0 Å². The number of carbonyl (C=O) groups excluding carboxylic acids is 1. The van der Waals surface area contributed by atoms with Gasteiger partial charge in [-0.3, -0.25) is 0 Å². The Morgan fingerprint density at radius 2 is 1.53 bits per heavy atom. The normalized spacial score (nSPS) is 21.7. The van der Waals surface area contributed by atoms with Crippen LogP contribution in [0.15, 0.2) is 0 Å². The number of ether oxygens (including phenoxy) is 1. The minimum atomic E-state index is -6.84. The van der Waals surface area contributed by atoms with Gasteiger partial charge in [0.2, 0.25) is 0 Å². The molecule has 1 atom stereocenters. The summed E-state index contributed by atoms with van der Waals surface area (Å²) in [6.07, 6.45) is -5.03. The Bertz CT molecular complexity index is 440. The highest BCUT2D eigenvalue weighted by Gasteiger charge is 2.73. The molecule has 0 aromatic carbocycles. The van der Waals surface area contributed by atoms with Gasteiger partial charge in [-0.2, -0.15) is 21.6 Å². The number of rotatable bonds is 3. The molecule has 0 aromatic rings. The fourth-order valence-electron chi connectivity index (χ4n) is 1.76. The van der Waals surface area contributed by atoms with E-state index in [-0.39, 0.29) is 12.8 Å². The summed E-state index contributed by atoms with van der Waals surface area (Å²) in [7, 11) is -6.84. The van der Waals surface area contributed by atoms with Crippen LogP contribution in [0.25, 0.3) is 0 Å². The van der Waals surface area contributed by atoms with Crippen LogP contribution in [0.4, 0.5) is 21.4 Å². The van der Waals surface area contributed by atoms with E-state index in [1.807, 2.05) is 0 Å². The van der Waals surface area contributed by atoms with Crippen LogP contribution in [0, 0.1) is 0 Å². The van der Waals surface area contributed by atoms with Crippen LogP contribution in [-0.2, 0) is 19.8 Å². The molecule has 0 aliphatic heterocycles. The number of alkyl halides is 4. The Morgan fingerprint density at radius 1 is 1.05 bits per heavy atom. The predicted molar refractivity (Wildman–Crippen MR) is 52.9 cm³/mol. The number of hydrogen-bond donors (Lipinski definition) is 0. The van der Waals surface area contributed by atoms with E-state index in [4.69, 9.17) is 0 Å². The van der Waals surface area contributed by atoms with Crippen LogP contribution in [-0.4, -0.2) is 31.7 Å². The zero-order valence-electron chi connectivity index (χ0n) is 9.54. The van der Waals surface area contributed by atoms with Crippen molar-refractivity contribution in [3.8, 4) is 0 Å². The molecule has 1 aliphatic carbocycles. The van der Waals surface area contributed by atoms with Crippen molar-refractivity contribution >= 4 is 16.2 Å². The lowest BCUT2D eigenvalue weighted by Gasteiger charge is -2.26. The third-order valence-corrected chi connectivity index (χ3v) is 3.86. The highest BCUT2D eigenvalue weighted by Crippen LogP contribution is 2.41. The molecule has 0 N–H and O–H groups in total. The Morgan fingerprint density at radius 3 is 1.89 bits per heavy atom. The second-order valence-corrected chi connectivity index (χ2v) is 5.63. The van der Waals surface area contributed by atoms with Crippen LogP contribution in [0.5, 0.6) is 0 Å². The fourth-order valence-corrected chi connectivity index (χ4v) is 2.29. The first-order chi connectivity index (χ1) is 8.50. The van der Waals surface area contributed by atoms with Gasteiger partial charge in [0.25, 0.3) is 0 Å². The molecule has 0 aromatic heterocycles. The molecule has 0 bridgehead atoms. The summed E-state index contributed by atoms with van der Waals surface area (Å²) < 4.78 is 87.6. The van der Waals surface area contributed by atoms with Crippen LogP contribution < -0.4 is 0 Å². The van der Waals surface area contributed by atoms with Gasteiger partial charge in [0.05, 0.1) is 0 Å². The third-order valence-electron chi connectivity index (χ3n) is 2.79. The van der Waals surface area contributed by atoms with Gasteiger partial charge in [-0.1, -0.05) is 6.42 Å². The maximum atomic E-state index is 13.4. The quantitative estimate of drug-likeness (QED) is 0.456. The SMILES string of the molecule is O=C(OC1CCCCC1)[C@@](F)(C(F)(F)F)S(=O)(=O)F. The van der Waals surface area contributed by atoms with Gasteiger partial charge >= 0.3 is 27.4 Å². The Balaban J connectivity index is 2.97. The van der Waals surface area contributed by atoms with Gasteiger partial charge in [-0.05, 0) is 25.7 Å². The smallest absolute Gasteiger partial charge is 0.451 e. The van der Waals surface area contributed by atoms with E-state index in [0.717, 1.165) is 6.42 Å². The molecule has 0 heterocycles. The molecule has 0 saturated heterocycles. The zero-order valence-corrected chi connectivity index (χ0v) is 10.4. The van der Waals surface area contributed by atoms with Crippen molar-refractivity contribution < 1.29 is 39.4 Å². The summed E-state index contributed by atoms with van der Waals surface area (Å²) >= 11 is 0. The monoisotopic (exact) mass is 310 g/mol. The lowest BCUT2D eigenvalue weighted by atomic mass is 9.98. The zero-order chi connectivity index (χ0) is 14.9. The van der Waals surface area contributed by atoms with E-state index in [1.165, 1.54) is 0 Å². The summed E-state index contributed by atoms with van der Waals surface area (Å²) in [5, 5.41) is -5.67. The molecule has 0 spiro atoms. The third kappa shape index (κ3) is 3.15. The fraction of sp³-hybridized carbons (Fsp3) is 0.889. The molecular weight excluding hydrogens is 299 g/mol. The summed E-state index contributed by atoms with van der Waals surface area (Å²) in [5.74, 6) is -2.77. The van der Waals surface area contributed by atoms with Crippen LogP contribution in [0.3, 0.4) is 0 Å². The van der Waals surface area contributed by atoms with Gasteiger partial charge in [-0.25, -0.2) is 9.18 Å². The average Bonchev–Trinajstić information content (AvgIpc) is 2.26. The highest BCUT2D eigenvalue weighted by molar-refractivity contribution is 7.88. The van der Waals surface area contributed by atoms with Crippen molar-refractivity contribution in [2.45, 2.75) is 49.4 Å². The minimum absolute atomic E-state index is 0.187. The largest absolute Gasteiger partial charge is 0.459 e. The molecule has 1 aliphatic rings. The Hall–Kier alpha value is -0.930. The van der Waals surface area contributed by atoms with Gasteiger partial charge in [0, 0.05) is 0 Å². The van der Waals surface area contributed by atoms with Crippen molar-refractivity contribution in [2.24, 2.45) is 0 Å². The predicted octanol–water partition coefficient (Wildman–Crippen LogP) is 2.39. The summed E-state index contributed by atoms with van der Waals surface area (Å²) in [4.78, 5) is 11.1. The number of halogens is 5. The van der Waals surface area contributed by atoms with E-state index in [0.29, 0.717) is 12.8 Å². The van der Waals surface area contributed by atoms with Crippen molar-refractivity contribution in [1.82, 2.24) is 0 Å². The number of esters is 1. The second kappa shape index (κ2) is 5.22. The lowest BCUT2D eigenvalue weighted by Crippen LogP contribution is -2.54. The summed E-state index contributed by atoms with van der Waals surface area (Å²) in [6, 6.07) is 0. The van der Waals surface area contributed by atoms with Gasteiger partial charge in [0.15, 0.2) is 0 Å². The molecule has 19 heavy (non-hydrogen) atoms. The van der Waals surface area contributed by atoms with Crippen LogP contribution >= 0.6 is 0 Å². The van der Waals surface area contributed by atoms with Crippen molar-refractivity contribution in [3.63, 3.8) is 0 Å². The maximum absolute atomic E-state index is 13.4. The molecule has 0 unspecified atom stereocenters. The number of carbonyl (C=O) groups is 1. The van der Waals surface area contributed by atoms with E-state index in [1.54, 1.807) is 0 Å². The molecule has 0 amide bonds. The van der Waals surface area contributed by atoms with Gasteiger partial charge < -0.3 is 4.74 Å². The molecule has 0 radical (unpaired) electrons. The lowest BCUT2D eigenvalue weighted by molar-refractivity contribution is -0.218. The summed E-state index contributed by atoms with van der Waals surface area (Å²) in [5.41, 5.74) is 0. The van der Waals surface area contributed by atoms with Crippen LogP contribution in [0.1, 0.15) is 32.1 Å². The van der Waals surface area contributed by atoms with Crippen molar-refractivity contribution in [3.05, 3.63) is 0 Å². The summed E-state index contributed by atoms with van der Waals surface area (Å²) in [6.45, 7) is 0. The minimum Gasteiger partial charge on any atom is -0.459 e. The Labute approximate surface area is 106 Å². The molecular formula is C9H11F5O4S. The Kier molecular flexibility index (Phi) is 4.43. The van der Waals surface area contributed by atoms with E-state index in [9.17, 15) is 34.7 Å². The molecule has 4 nitrogen and oxygen atoms in total. The van der Waals surface area contributed by atoms with Crippen molar-refractivity contribution in [1.29, 1.82) is 0 Å². The molecule has 1 rings (SSSR count). The first-order valence-electron chi connectivity index (χ1n) is 5.41. The standard InChI is InChI=1S/C9H11F5O4S/c10-8(9(11,12)13,19(14,16)17)7(15)18-6-4-2-1-3-5-6/h6H,1-5H2/t8-/m0/s1. The first kappa shape index (κ1) is 16.1. The van der Waals surface area contributed by atoms with Gasteiger partial charge in [-0.15, -0.1) is 3.89 Å². The first-order valence-corrected chi connectivity index (χ1v) is 6.79. The van der Waals surface area contributed by atoms with E-state index < -0.39 is 33.5 Å². The van der Waals surface area contributed by atoms with Crippen molar-refractivity contribution in [2.75, 3.05) is 0 Å². The number of hydrogen-bond acceptors (Lipinski definition) is 4. The molecule has 1 fully saturated rings. The molecule has 1 saturated carbocycles. The average molecular weight is 310 g/mol. The maximum Gasteiger partial charge on any atom is 0.451 e. The van der Waals surface area contributed by atoms with E-state index >= 15 is 0 Å². The van der Waals surface area contributed by atoms with E-state index in [2.05, 4.69) is 4.74 Å². The topological polar surface area (TPSA) is 60.4 Å². The molecule has 10 heteroatoms. The second-order valence-electron chi connectivity index (χ2n) is 4.20.